The van der Waals surface area contributed by atoms with Crippen molar-refractivity contribution in [2.45, 2.75) is 49.6 Å². The monoisotopic (exact) mass is 484 g/mol. The van der Waals surface area contributed by atoms with Gasteiger partial charge in [-0.3, -0.25) is 9.78 Å². The summed E-state index contributed by atoms with van der Waals surface area (Å²) in [6, 6.07) is 5.16. The summed E-state index contributed by atoms with van der Waals surface area (Å²) >= 11 is 0. The smallest absolute Gasteiger partial charge is 0.243 e. The van der Waals surface area contributed by atoms with Gasteiger partial charge in [0.05, 0.1) is 22.8 Å². The van der Waals surface area contributed by atoms with Gasteiger partial charge in [0.1, 0.15) is 17.5 Å². The van der Waals surface area contributed by atoms with Crippen LogP contribution in [0.5, 0.6) is 0 Å². The van der Waals surface area contributed by atoms with Crippen molar-refractivity contribution in [3.05, 3.63) is 71.9 Å². The third-order valence-corrected chi connectivity index (χ3v) is 8.55. The van der Waals surface area contributed by atoms with Gasteiger partial charge in [0, 0.05) is 30.4 Å². The van der Waals surface area contributed by atoms with Gasteiger partial charge in [-0.05, 0) is 68.0 Å². The highest BCUT2D eigenvalue weighted by Crippen LogP contribution is 2.49. The standard InChI is InChI=1S/C24H22F2N4O3S/c1-14-27-11-17(12-28-14)22-10-15(21(26)13-29-22)2-7-23(31)24-16-8-19(9-16)30(24)34(32,33)20-5-3-18(25)4-6-20/h3-6,10-13,16,19,24H,2,7-9H2,1H3/t16?,19?,24-/m0/s1. The maximum absolute atomic E-state index is 14.4. The van der Waals surface area contributed by atoms with Crippen LogP contribution in [0.1, 0.15) is 30.7 Å². The molecule has 0 spiro atoms. The van der Waals surface area contributed by atoms with Gasteiger partial charge in [0.2, 0.25) is 10.0 Å². The first-order valence-electron chi connectivity index (χ1n) is 11.0. The molecule has 3 aromatic rings. The molecule has 1 aliphatic carbocycles. The Balaban J connectivity index is 1.34. The van der Waals surface area contributed by atoms with Gasteiger partial charge < -0.3 is 0 Å². The molecule has 34 heavy (non-hydrogen) atoms. The normalized spacial score (nSPS) is 21.9. The first kappa shape index (κ1) is 22.7. The van der Waals surface area contributed by atoms with Crippen LogP contribution in [0.4, 0.5) is 8.78 Å². The molecule has 3 fully saturated rings. The third kappa shape index (κ3) is 4.01. The van der Waals surface area contributed by atoms with E-state index in [1.54, 1.807) is 25.4 Å². The van der Waals surface area contributed by atoms with Gasteiger partial charge in [-0.2, -0.15) is 4.31 Å². The number of rotatable bonds is 7. The molecule has 0 radical (unpaired) electrons. The molecule has 0 amide bonds. The fourth-order valence-electron chi connectivity index (χ4n) is 4.77. The van der Waals surface area contributed by atoms with E-state index in [-0.39, 0.29) is 35.5 Å². The van der Waals surface area contributed by atoms with Crippen molar-refractivity contribution >= 4 is 15.8 Å². The van der Waals surface area contributed by atoms with E-state index in [1.165, 1.54) is 16.4 Å². The quantitative estimate of drug-likeness (QED) is 0.510. The number of carbonyl (C=O) groups is 1. The number of sulfonamides is 1. The Morgan fingerprint density at radius 3 is 2.41 bits per heavy atom. The minimum Gasteiger partial charge on any atom is -0.298 e. The summed E-state index contributed by atoms with van der Waals surface area (Å²) in [4.78, 5) is 25.5. The first-order valence-corrected chi connectivity index (χ1v) is 12.4. The average Bonchev–Trinajstić information content (AvgIpc) is 3.37. The number of halogens is 2. The Kier molecular flexibility index (Phi) is 5.73. The van der Waals surface area contributed by atoms with Gasteiger partial charge in [0.15, 0.2) is 5.78 Å². The lowest BCUT2D eigenvalue weighted by Crippen LogP contribution is -2.41. The second-order valence-electron chi connectivity index (χ2n) is 8.77. The molecule has 1 aromatic carbocycles. The van der Waals surface area contributed by atoms with Crippen LogP contribution in [0, 0.1) is 24.5 Å². The number of fused-ring (bicyclic) bond motifs is 1. The minimum atomic E-state index is -3.95. The summed E-state index contributed by atoms with van der Waals surface area (Å²) in [5.41, 5.74) is 1.44. The Labute approximate surface area is 195 Å². The van der Waals surface area contributed by atoms with Crippen LogP contribution in [-0.4, -0.2) is 45.5 Å². The fourth-order valence-corrected chi connectivity index (χ4v) is 6.65. The van der Waals surface area contributed by atoms with E-state index >= 15 is 0 Å². The summed E-state index contributed by atoms with van der Waals surface area (Å²) < 4.78 is 55.5. The summed E-state index contributed by atoms with van der Waals surface area (Å²) in [5.74, 6) is -0.751. The molecule has 7 nitrogen and oxygen atoms in total. The van der Waals surface area contributed by atoms with Crippen LogP contribution in [0.2, 0.25) is 0 Å². The van der Waals surface area contributed by atoms with E-state index in [0.29, 0.717) is 35.5 Å². The van der Waals surface area contributed by atoms with E-state index < -0.39 is 27.7 Å². The summed E-state index contributed by atoms with van der Waals surface area (Å²) in [7, 11) is -3.95. The zero-order valence-corrected chi connectivity index (χ0v) is 19.2. The number of ketones is 1. The average molecular weight is 485 g/mol. The molecule has 6 rings (SSSR count). The molecule has 176 valence electrons. The molecule has 1 atom stereocenters. The van der Waals surface area contributed by atoms with E-state index in [9.17, 15) is 22.0 Å². The molecule has 1 saturated carbocycles. The molecule has 3 aliphatic rings. The Morgan fingerprint density at radius 2 is 1.74 bits per heavy atom. The largest absolute Gasteiger partial charge is 0.298 e. The van der Waals surface area contributed by atoms with Crippen molar-refractivity contribution in [3.8, 4) is 11.3 Å². The molecule has 2 bridgehead atoms. The van der Waals surface area contributed by atoms with E-state index in [4.69, 9.17) is 0 Å². The van der Waals surface area contributed by atoms with Crippen molar-refractivity contribution in [2.24, 2.45) is 5.92 Å². The predicted molar refractivity (Wildman–Crippen MR) is 119 cm³/mol. The highest BCUT2D eigenvalue weighted by Gasteiger charge is 2.58. The second kappa shape index (κ2) is 8.59. The number of benzene rings is 1. The van der Waals surface area contributed by atoms with Crippen LogP contribution < -0.4 is 0 Å². The number of aromatic nitrogens is 3. The van der Waals surface area contributed by atoms with Crippen LogP contribution in [-0.2, 0) is 21.2 Å². The van der Waals surface area contributed by atoms with Gasteiger partial charge in [-0.15, -0.1) is 0 Å². The van der Waals surface area contributed by atoms with Gasteiger partial charge in [-0.25, -0.2) is 27.2 Å². The topological polar surface area (TPSA) is 93.1 Å². The number of hydrogen-bond acceptors (Lipinski definition) is 6. The zero-order chi connectivity index (χ0) is 24.0. The highest BCUT2D eigenvalue weighted by atomic mass is 32.2. The molecule has 2 aromatic heterocycles. The van der Waals surface area contributed by atoms with Crippen LogP contribution in [0.3, 0.4) is 0 Å². The zero-order valence-electron chi connectivity index (χ0n) is 18.4. The van der Waals surface area contributed by atoms with Crippen molar-refractivity contribution < 1.29 is 22.0 Å². The molecule has 10 heteroatoms. The van der Waals surface area contributed by atoms with E-state index in [0.717, 1.165) is 18.3 Å². The molecule has 4 heterocycles. The van der Waals surface area contributed by atoms with Crippen molar-refractivity contribution in [1.29, 1.82) is 0 Å². The third-order valence-electron chi connectivity index (χ3n) is 6.60. The van der Waals surface area contributed by atoms with Gasteiger partial charge in [0.25, 0.3) is 0 Å². The van der Waals surface area contributed by atoms with Crippen LogP contribution >= 0.6 is 0 Å². The number of hydrogen-bond donors (Lipinski definition) is 0. The lowest BCUT2D eigenvalue weighted by atomic mass is 9.81. The lowest BCUT2D eigenvalue weighted by molar-refractivity contribution is -0.122. The number of carbonyl (C=O) groups excluding carboxylic acids is 1. The van der Waals surface area contributed by atoms with Gasteiger partial charge >= 0.3 is 0 Å². The fraction of sp³-hybridized carbons (Fsp3) is 0.333. The number of nitrogens with zero attached hydrogens (tertiary/aromatic N) is 4. The Morgan fingerprint density at radius 1 is 1.06 bits per heavy atom. The Hall–Kier alpha value is -3.11. The van der Waals surface area contributed by atoms with E-state index in [2.05, 4.69) is 15.0 Å². The number of pyridine rings is 1. The highest BCUT2D eigenvalue weighted by molar-refractivity contribution is 7.89. The minimum absolute atomic E-state index is 0.00586. The van der Waals surface area contributed by atoms with Crippen LogP contribution in [0.25, 0.3) is 11.3 Å². The Bertz CT molecular complexity index is 1340. The summed E-state index contributed by atoms with van der Waals surface area (Å²) in [6.07, 6.45) is 5.66. The van der Waals surface area contributed by atoms with Crippen molar-refractivity contribution in [2.75, 3.05) is 0 Å². The predicted octanol–water partition coefficient (Wildman–Crippen LogP) is 3.48. The van der Waals surface area contributed by atoms with Gasteiger partial charge in [-0.1, -0.05) is 0 Å². The first-order chi connectivity index (χ1) is 16.2. The maximum Gasteiger partial charge on any atom is 0.243 e. The molecule has 0 N–H and O–H groups in total. The summed E-state index contributed by atoms with van der Waals surface area (Å²) in [5, 5.41) is 0. The molecule has 2 saturated heterocycles. The van der Waals surface area contributed by atoms with E-state index in [1.807, 2.05) is 0 Å². The lowest BCUT2D eigenvalue weighted by Gasteiger charge is -2.25. The second-order valence-corrected chi connectivity index (χ2v) is 10.6. The van der Waals surface area contributed by atoms with Crippen molar-refractivity contribution in [3.63, 3.8) is 0 Å². The summed E-state index contributed by atoms with van der Waals surface area (Å²) in [6.45, 7) is 1.76. The molecule has 0 unspecified atom stereocenters. The maximum atomic E-state index is 14.4. The number of aryl methyl sites for hydroxylation is 2. The number of Topliss-reactive ketones (excluding diaryl/α,β-unsaturated/α-hetero) is 1. The molecule has 2 aliphatic heterocycles. The van der Waals surface area contributed by atoms with Crippen LogP contribution in [0.15, 0.2) is 53.8 Å². The molecular formula is C24H22F2N4O3S. The van der Waals surface area contributed by atoms with Crippen molar-refractivity contribution in [1.82, 2.24) is 19.3 Å². The molecular weight excluding hydrogens is 462 g/mol. The SMILES string of the molecule is Cc1ncc(-c2cc(CCC(=O)[C@@H]3C4CC(C4)N3S(=O)(=O)c3ccc(F)cc3)c(F)cn2)cn1.